The van der Waals surface area contributed by atoms with Crippen molar-refractivity contribution in [3.05, 3.63) is 0 Å². The lowest BCUT2D eigenvalue weighted by molar-refractivity contribution is 0.182. The summed E-state index contributed by atoms with van der Waals surface area (Å²) in [5.74, 6) is 0.669. The molecule has 1 rings (SSSR count). The predicted molar refractivity (Wildman–Crippen MR) is 41.9 cm³/mol. The third kappa shape index (κ3) is 1.50. The number of likely N-dealkylation sites (N-methyl/N-ethyl adjacent to an activating group) is 1. The first-order chi connectivity index (χ1) is 4.61. The molecule has 2 nitrogen and oxygen atoms in total. The van der Waals surface area contributed by atoms with Crippen LogP contribution in [0.15, 0.2) is 0 Å². The molecule has 0 aromatic carbocycles. The molecule has 1 heterocycles. The van der Waals surface area contributed by atoms with E-state index in [0.29, 0.717) is 12.0 Å². The van der Waals surface area contributed by atoms with Crippen LogP contribution in [0.25, 0.3) is 0 Å². The fourth-order valence-electron chi connectivity index (χ4n) is 1.78. The minimum Gasteiger partial charge on any atom is -0.392 e. The zero-order valence-electron chi connectivity index (χ0n) is 7.04. The lowest BCUT2D eigenvalue weighted by Crippen LogP contribution is -2.29. The smallest absolute Gasteiger partial charge is 0.0682 e. The largest absolute Gasteiger partial charge is 0.392 e. The van der Waals surface area contributed by atoms with Gasteiger partial charge < -0.3 is 10.0 Å². The van der Waals surface area contributed by atoms with E-state index in [1.54, 1.807) is 0 Å². The van der Waals surface area contributed by atoms with Crippen molar-refractivity contribution in [3.63, 3.8) is 0 Å². The highest BCUT2D eigenvalue weighted by Crippen LogP contribution is 2.21. The van der Waals surface area contributed by atoms with Gasteiger partial charge in [0, 0.05) is 12.6 Å². The Hall–Kier alpha value is -0.0800. The van der Waals surface area contributed by atoms with Crippen LogP contribution in [-0.4, -0.2) is 35.7 Å². The molecule has 1 saturated heterocycles. The van der Waals surface area contributed by atoms with Crippen molar-refractivity contribution < 1.29 is 5.11 Å². The predicted octanol–water partition coefficient (Wildman–Crippen LogP) is 0.707. The zero-order chi connectivity index (χ0) is 7.72. The Morgan fingerprint density at radius 2 is 2.10 bits per heavy atom. The highest BCUT2D eigenvalue weighted by Gasteiger charge is 2.29. The van der Waals surface area contributed by atoms with Crippen LogP contribution in [0, 0.1) is 5.92 Å². The molecule has 0 spiro atoms. The van der Waals surface area contributed by atoms with Gasteiger partial charge in [-0.2, -0.15) is 0 Å². The van der Waals surface area contributed by atoms with Crippen molar-refractivity contribution in [2.75, 3.05) is 13.6 Å². The van der Waals surface area contributed by atoms with E-state index < -0.39 is 0 Å². The third-order valence-corrected chi connectivity index (χ3v) is 2.35. The summed E-state index contributed by atoms with van der Waals surface area (Å²) in [4.78, 5) is 2.25. The fraction of sp³-hybridized carbons (Fsp3) is 1.00. The minimum absolute atomic E-state index is 0.0857. The van der Waals surface area contributed by atoms with Crippen molar-refractivity contribution in [2.24, 2.45) is 5.92 Å². The zero-order valence-corrected chi connectivity index (χ0v) is 7.04. The van der Waals surface area contributed by atoms with Gasteiger partial charge in [-0.1, -0.05) is 13.8 Å². The first-order valence-electron chi connectivity index (χ1n) is 3.99. The molecule has 10 heavy (non-hydrogen) atoms. The van der Waals surface area contributed by atoms with E-state index in [-0.39, 0.29) is 6.10 Å². The molecule has 0 radical (unpaired) electrons. The molecule has 1 fully saturated rings. The van der Waals surface area contributed by atoms with Crippen molar-refractivity contribution in [1.29, 1.82) is 0 Å². The lowest BCUT2D eigenvalue weighted by Gasteiger charge is -2.22. The second-order valence-corrected chi connectivity index (χ2v) is 3.64. The summed E-state index contributed by atoms with van der Waals surface area (Å²) in [6.45, 7) is 5.27. The Labute approximate surface area is 62.8 Å². The van der Waals surface area contributed by atoms with E-state index in [1.807, 2.05) is 0 Å². The molecular formula is C8H17NO. The maximum atomic E-state index is 9.28. The molecule has 0 aromatic heterocycles. The van der Waals surface area contributed by atoms with Gasteiger partial charge in [0.25, 0.3) is 0 Å². The summed E-state index contributed by atoms with van der Waals surface area (Å²) in [7, 11) is 2.08. The normalized spacial score (nSPS) is 35.7. The van der Waals surface area contributed by atoms with E-state index in [1.165, 1.54) is 0 Å². The number of likely N-dealkylation sites (tertiary alicyclic amines) is 1. The van der Waals surface area contributed by atoms with Crippen molar-refractivity contribution in [2.45, 2.75) is 32.4 Å². The van der Waals surface area contributed by atoms with E-state index in [2.05, 4.69) is 25.8 Å². The standard InChI is InChI=1S/C8H17NO/c1-6(2)8-4-7(10)5-9(8)3/h6-8,10H,4-5H2,1-3H3/t7-,8-/m0/s1. The van der Waals surface area contributed by atoms with Gasteiger partial charge in [-0.15, -0.1) is 0 Å². The van der Waals surface area contributed by atoms with Crippen LogP contribution in [0.3, 0.4) is 0 Å². The van der Waals surface area contributed by atoms with E-state index >= 15 is 0 Å². The summed E-state index contributed by atoms with van der Waals surface area (Å²) in [6.07, 6.45) is 0.867. The van der Waals surface area contributed by atoms with Gasteiger partial charge in [-0.05, 0) is 19.4 Å². The number of rotatable bonds is 1. The molecule has 0 bridgehead atoms. The van der Waals surface area contributed by atoms with Crippen molar-refractivity contribution in [1.82, 2.24) is 4.90 Å². The summed E-state index contributed by atoms with van der Waals surface area (Å²) in [5.41, 5.74) is 0. The minimum atomic E-state index is -0.0857. The molecule has 1 N–H and O–H groups in total. The second kappa shape index (κ2) is 2.89. The highest BCUT2D eigenvalue weighted by atomic mass is 16.3. The topological polar surface area (TPSA) is 23.5 Å². The molecule has 0 unspecified atom stereocenters. The molecule has 1 aliphatic rings. The molecule has 0 saturated carbocycles. The van der Waals surface area contributed by atoms with Gasteiger partial charge in [0.2, 0.25) is 0 Å². The summed E-state index contributed by atoms with van der Waals surface area (Å²) < 4.78 is 0. The van der Waals surface area contributed by atoms with E-state index in [0.717, 1.165) is 13.0 Å². The fourth-order valence-corrected chi connectivity index (χ4v) is 1.78. The Balaban J connectivity index is 2.46. The Bertz CT molecular complexity index is 114. The van der Waals surface area contributed by atoms with Gasteiger partial charge in [0.05, 0.1) is 6.10 Å². The van der Waals surface area contributed by atoms with E-state index in [4.69, 9.17) is 0 Å². The van der Waals surface area contributed by atoms with Gasteiger partial charge >= 0.3 is 0 Å². The monoisotopic (exact) mass is 143 g/mol. The van der Waals surface area contributed by atoms with Gasteiger partial charge in [0.15, 0.2) is 0 Å². The average molecular weight is 143 g/mol. The lowest BCUT2D eigenvalue weighted by atomic mass is 10.0. The van der Waals surface area contributed by atoms with Gasteiger partial charge in [-0.3, -0.25) is 0 Å². The van der Waals surface area contributed by atoms with Crippen LogP contribution < -0.4 is 0 Å². The van der Waals surface area contributed by atoms with Crippen LogP contribution in [0.1, 0.15) is 20.3 Å². The molecule has 2 heteroatoms. The average Bonchev–Trinajstić information content (AvgIpc) is 2.10. The van der Waals surface area contributed by atoms with Crippen LogP contribution >= 0.6 is 0 Å². The van der Waals surface area contributed by atoms with Crippen LogP contribution in [0.5, 0.6) is 0 Å². The van der Waals surface area contributed by atoms with Gasteiger partial charge in [-0.25, -0.2) is 0 Å². The first-order valence-corrected chi connectivity index (χ1v) is 3.99. The van der Waals surface area contributed by atoms with Crippen LogP contribution in [0.2, 0.25) is 0 Å². The first kappa shape index (κ1) is 8.02. The molecular weight excluding hydrogens is 126 g/mol. The van der Waals surface area contributed by atoms with E-state index in [9.17, 15) is 5.11 Å². The molecule has 60 valence electrons. The Kier molecular flexibility index (Phi) is 2.32. The maximum Gasteiger partial charge on any atom is 0.0682 e. The summed E-state index contributed by atoms with van der Waals surface area (Å²) in [6, 6.07) is 0.593. The SMILES string of the molecule is CC(C)[C@@H]1C[C@H](O)CN1C. The molecule has 0 amide bonds. The number of aliphatic hydroxyl groups excluding tert-OH is 1. The molecule has 2 atom stereocenters. The Morgan fingerprint density at radius 1 is 1.50 bits per heavy atom. The number of aliphatic hydroxyl groups is 1. The number of hydrogen-bond donors (Lipinski definition) is 1. The molecule has 0 aromatic rings. The highest BCUT2D eigenvalue weighted by molar-refractivity contribution is 4.84. The van der Waals surface area contributed by atoms with Crippen LogP contribution in [0.4, 0.5) is 0 Å². The second-order valence-electron chi connectivity index (χ2n) is 3.64. The van der Waals surface area contributed by atoms with Crippen LogP contribution in [-0.2, 0) is 0 Å². The number of hydrogen-bond acceptors (Lipinski definition) is 2. The molecule has 1 aliphatic heterocycles. The van der Waals surface area contributed by atoms with Gasteiger partial charge in [0.1, 0.15) is 0 Å². The summed E-state index contributed by atoms with van der Waals surface area (Å²) >= 11 is 0. The summed E-state index contributed by atoms with van der Waals surface area (Å²) in [5, 5.41) is 9.28. The number of β-amino-alcohol motifs (C(OH)–C–C–N with tert-alkyl or cyclic N) is 1. The maximum absolute atomic E-state index is 9.28. The Morgan fingerprint density at radius 3 is 2.30 bits per heavy atom. The number of nitrogens with zero attached hydrogens (tertiary/aromatic N) is 1. The third-order valence-electron chi connectivity index (χ3n) is 2.35. The molecule has 0 aliphatic carbocycles. The van der Waals surface area contributed by atoms with Crippen molar-refractivity contribution in [3.8, 4) is 0 Å². The van der Waals surface area contributed by atoms with Crippen molar-refractivity contribution >= 4 is 0 Å². The quantitative estimate of drug-likeness (QED) is 0.584.